The van der Waals surface area contributed by atoms with E-state index in [-0.39, 0.29) is 24.8 Å². The van der Waals surface area contributed by atoms with Crippen LogP contribution < -0.4 is 10.6 Å². The molecule has 1 rings (SSSR count). The molecule has 0 saturated heterocycles. The van der Waals surface area contributed by atoms with Crippen molar-refractivity contribution in [2.75, 3.05) is 19.6 Å². The van der Waals surface area contributed by atoms with Gasteiger partial charge in [0.25, 0.3) is 0 Å². The number of halogens is 4. The zero-order chi connectivity index (χ0) is 11.8. The van der Waals surface area contributed by atoms with E-state index in [0.717, 1.165) is 38.2 Å². The van der Waals surface area contributed by atoms with Gasteiger partial charge in [-0.25, -0.2) is 0 Å². The molecule has 0 saturated carbocycles. The second kappa shape index (κ2) is 12.3. The summed E-state index contributed by atoms with van der Waals surface area (Å²) in [6, 6.07) is 5.73. The predicted molar refractivity (Wildman–Crippen MR) is 85.8 cm³/mol. The SMILES string of the molecule is CCNCCCNCc1ccc(Cl)c(Cl)c1.Cl.Cl. The van der Waals surface area contributed by atoms with Crippen molar-refractivity contribution in [1.29, 1.82) is 0 Å². The molecular formula is C12H20Cl4N2. The van der Waals surface area contributed by atoms with E-state index >= 15 is 0 Å². The van der Waals surface area contributed by atoms with Crippen LogP contribution in [0.15, 0.2) is 18.2 Å². The van der Waals surface area contributed by atoms with Crippen molar-refractivity contribution in [1.82, 2.24) is 10.6 Å². The fourth-order valence-electron chi connectivity index (χ4n) is 1.40. The highest BCUT2D eigenvalue weighted by molar-refractivity contribution is 6.42. The molecule has 18 heavy (non-hydrogen) atoms. The molecule has 0 amide bonds. The van der Waals surface area contributed by atoms with Gasteiger partial charge in [0.05, 0.1) is 10.0 Å². The molecule has 2 nitrogen and oxygen atoms in total. The molecule has 0 atom stereocenters. The average Bonchev–Trinajstić information content (AvgIpc) is 2.28. The minimum Gasteiger partial charge on any atom is -0.317 e. The third-order valence-electron chi connectivity index (χ3n) is 2.27. The van der Waals surface area contributed by atoms with E-state index in [1.165, 1.54) is 0 Å². The second-order valence-corrected chi connectivity index (χ2v) is 4.45. The third-order valence-corrected chi connectivity index (χ3v) is 3.01. The largest absolute Gasteiger partial charge is 0.317 e. The molecule has 2 N–H and O–H groups in total. The zero-order valence-corrected chi connectivity index (χ0v) is 13.5. The Morgan fingerprint density at radius 1 is 1.00 bits per heavy atom. The van der Waals surface area contributed by atoms with Crippen LogP contribution in [-0.4, -0.2) is 19.6 Å². The van der Waals surface area contributed by atoms with Crippen LogP contribution >= 0.6 is 48.0 Å². The van der Waals surface area contributed by atoms with Crippen LogP contribution in [0.4, 0.5) is 0 Å². The highest BCUT2D eigenvalue weighted by atomic mass is 35.5. The Morgan fingerprint density at radius 2 is 1.67 bits per heavy atom. The summed E-state index contributed by atoms with van der Waals surface area (Å²) in [6.07, 6.45) is 1.13. The Labute approximate surface area is 132 Å². The van der Waals surface area contributed by atoms with Gasteiger partial charge in [-0.2, -0.15) is 0 Å². The minimum atomic E-state index is 0. The Morgan fingerprint density at radius 3 is 2.28 bits per heavy atom. The first-order valence-corrected chi connectivity index (χ1v) is 6.35. The zero-order valence-electron chi connectivity index (χ0n) is 10.3. The standard InChI is InChI=1S/C12H18Cl2N2.2ClH/c1-2-15-6-3-7-16-9-10-4-5-11(13)12(14)8-10;;/h4-5,8,15-16H,2-3,6-7,9H2,1H3;2*1H. The lowest BCUT2D eigenvalue weighted by atomic mass is 10.2. The summed E-state index contributed by atoms with van der Waals surface area (Å²) in [7, 11) is 0. The van der Waals surface area contributed by atoms with Crippen LogP contribution in [0, 0.1) is 0 Å². The van der Waals surface area contributed by atoms with E-state index < -0.39 is 0 Å². The van der Waals surface area contributed by atoms with Crippen molar-refractivity contribution in [2.24, 2.45) is 0 Å². The molecule has 6 heteroatoms. The van der Waals surface area contributed by atoms with Crippen LogP contribution in [0.1, 0.15) is 18.9 Å². The van der Waals surface area contributed by atoms with Gasteiger partial charge in [-0.05, 0) is 43.8 Å². The summed E-state index contributed by atoms with van der Waals surface area (Å²) in [5.41, 5.74) is 1.16. The fraction of sp³-hybridized carbons (Fsp3) is 0.500. The molecule has 1 aromatic rings. The summed E-state index contributed by atoms with van der Waals surface area (Å²) in [5, 5.41) is 7.88. The summed E-state index contributed by atoms with van der Waals surface area (Å²) in [4.78, 5) is 0. The van der Waals surface area contributed by atoms with Crippen molar-refractivity contribution < 1.29 is 0 Å². The van der Waals surface area contributed by atoms with Gasteiger partial charge in [-0.1, -0.05) is 36.2 Å². The maximum atomic E-state index is 5.93. The predicted octanol–water partition coefficient (Wildman–Crippen LogP) is 3.93. The van der Waals surface area contributed by atoms with Crippen molar-refractivity contribution in [2.45, 2.75) is 19.9 Å². The highest BCUT2D eigenvalue weighted by Crippen LogP contribution is 2.22. The molecule has 0 spiro atoms. The average molecular weight is 334 g/mol. The maximum absolute atomic E-state index is 5.93. The molecule has 0 heterocycles. The van der Waals surface area contributed by atoms with Crippen LogP contribution in [0.2, 0.25) is 10.0 Å². The first-order valence-electron chi connectivity index (χ1n) is 5.59. The van der Waals surface area contributed by atoms with Gasteiger partial charge in [0.15, 0.2) is 0 Å². The first-order chi connectivity index (χ1) is 7.74. The van der Waals surface area contributed by atoms with E-state index in [9.17, 15) is 0 Å². The Balaban J connectivity index is 0. The molecule has 0 unspecified atom stereocenters. The van der Waals surface area contributed by atoms with Crippen LogP contribution in [0.5, 0.6) is 0 Å². The molecule has 106 valence electrons. The van der Waals surface area contributed by atoms with Crippen molar-refractivity contribution in [3.05, 3.63) is 33.8 Å². The normalized spacial score (nSPS) is 9.50. The first kappa shape index (κ1) is 20.6. The van der Waals surface area contributed by atoms with Gasteiger partial charge in [0.1, 0.15) is 0 Å². The number of benzene rings is 1. The van der Waals surface area contributed by atoms with E-state index in [1.807, 2.05) is 18.2 Å². The van der Waals surface area contributed by atoms with E-state index in [1.54, 1.807) is 0 Å². The number of hydrogen-bond donors (Lipinski definition) is 2. The monoisotopic (exact) mass is 332 g/mol. The van der Waals surface area contributed by atoms with Crippen molar-refractivity contribution in [3.63, 3.8) is 0 Å². The smallest absolute Gasteiger partial charge is 0.0595 e. The highest BCUT2D eigenvalue weighted by Gasteiger charge is 1.98. The summed E-state index contributed by atoms with van der Waals surface area (Å²) in [6.45, 7) is 6.05. The number of nitrogens with one attached hydrogen (secondary N) is 2. The van der Waals surface area contributed by atoms with Crippen LogP contribution in [-0.2, 0) is 6.54 Å². The lowest BCUT2D eigenvalue weighted by molar-refractivity contribution is 0.606. The van der Waals surface area contributed by atoms with Gasteiger partial charge in [-0.3, -0.25) is 0 Å². The molecular weight excluding hydrogens is 314 g/mol. The maximum Gasteiger partial charge on any atom is 0.0595 e. The van der Waals surface area contributed by atoms with Gasteiger partial charge >= 0.3 is 0 Å². The summed E-state index contributed by atoms with van der Waals surface area (Å²) in [5.74, 6) is 0. The van der Waals surface area contributed by atoms with E-state index in [4.69, 9.17) is 23.2 Å². The molecule has 0 radical (unpaired) electrons. The fourth-order valence-corrected chi connectivity index (χ4v) is 1.72. The Bertz CT molecular complexity index is 321. The summed E-state index contributed by atoms with van der Waals surface area (Å²) < 4.78 is 0. The molecule has 0 aromatic heterocycles. The van der Waals surface area contributed by atoms with Crippen molar-refractivity contribution in [3.8, 4) is 0 Å². The van der Waals surface area contributed by atoms with Crippen LogP contribution in [0.3, 0.4) is 0 Å². The van der Waals surface area contributed by atoms with Crippen molar-refractivity contribution >= 4 is 48.0 Å². The van der Waals surface area contributed by atoms with Gasteiger partial charge in [-0.15, -0.1) is 24.8 Å². The number of hydrogen-bond acceptors (Lipinski definition) is 2. The van der Waals surface area contributed by atoms with E-state index in [2.05, 4.69) is 17.6 Å². The molecule has 0 bridgehead atoms. The molecule has 0 aliphatic carbocycles. The lowest BCUT2D eigenvalue weighted by Crippen LogP contribution is -2.21. The molecule has 0 fully saturated rings. The molecule has 1 aromatic carbocycles. The molecule has 0 aliphatic rings. The van der Waals surface area contributed by atoms with E-state index in [0.29, 0.717) is 10.0 Å². The Kier molecular flexibility index (Phi) is 14.1. The third kappa shape index (κ3) is 8.41. The lowest BCUT2D eigenvalue weighted by Gasteiger charge is -2.06. The quantitative estimate of drug-likeness (QED) is 0.739. The minimum absolute atomic E-state index is 0. The van der Waals surface area contributed by atoms with Gasteiger partial charge < -0.3 is 10.6 Å². The topological polar surface area (TPSA) is 24.1 Å². The van der Waals surface area contributed by atoms with Gasteiger partial charge in [0.2, 0.25) is 0 Å². The summed E-state index contributed by atoms with van der Waals surface area (Å²) >= 11 is 11.8. The van der Waals surface area contributed by atoms with Crippen LogP contribution in [0.25, 0.3) is 0 Å². The number of rotatable bonds is 7. The molecule has 0 aliphatic heterocycles. The van der Waals surface area contributed by atoms with Gasteiger partial charge in [0, 0.05) is 6.54 Å². The second-order valence-electron chi connectivity index (χ2n) is 3.63. The Hall–Kier alpha value is 0.300.